The molecule has 1 saturated heterocycles. The number of phenols is 1. The summed E-state index contributed by atoms with van der Waals surface area (Å²) in [6.45, 7) is 3.68. The van der Waals surface area contributed by atoms with Gasteiger partial charge in [0.25, 0.3) is 5.91 Å². The summed E-state index contributed by atoms with van der Waals surface area (Å²) in [5, 5.41) is 19.1. The van der Waals surface area contributed by atoms with E-state index in [0.29, 0.717) is 21.4 Å². The van der Waals surface area contributed by atoms with Crippen LogP contribution in [0, 0.1) is 5.92 Å². The molecular weight excluding hydrogens is 423 g/mol. The van der Waals surface area contributed by atoms with Gasteiger partial charge < -0.3 is 5.11 Å². The zero-order valence-corrected chi connectivity index (χ0v) is 18.2. The summed E-state index contributed by atoms with van der Waals surface area (Å²) >= 11 is 12.5. The lowest BCUT2D eigenvalue weighted by Gasteiger charge is -2.28. The molecule has 1 amide bonds. The average Bonchev–Trinajstić information content (AvgIpc) is 3.06. The lowest BCUT2D eigenvalue weighted by molar-refractivity contribution is -0.120. The molecule has 2 aromatic carbocycles. The number of hydrogen-bond acceptors (Lipinski definition) is 5. The predicted molar refractivity (Wildman–Crippen MR) is 120 cm³/mol. The van der Waals surface area contributed by atoms with E-state index in [0.717, 1.165) is 31.5 Å². The number of carbonyl (C=O) groups excluding carboxylic acids is 1. The number of hydrogen-bond donors (Lipinski definition) is 2. The summed E-state index contributed by atoms with van der Waals surface area (Å²) in [6.07, 6.45) is 3.34. The molecule has 2 atom stereocenters. The second kappa shape index (κ2) is 8.84. The maximum absolute atomic E-state index is 13.1. The van der Waals surface area contributed by atoms with E-state index in [-0.39, 0.29) is 23.6 Å². The zero-order valence-electron chi connectivity index (χ0n) is 16.7. The number of aromatic hydroxyl groups is 1. The van der Waals surface area contributed by atoms with Crippen LogP contribution in [0.3, 0.4) is 0 Å². The molecule has 0 saturated carbocycles. The number of carbonyl (C=O) groups is 1. The van der Waals surface area contributed by atoms with Crippen molar-refractivity contribution in [1.82, 2.24) is 10.4 Å². The van der Waals surface area contributed by atoms with Crippen molar-refractivity contribution in [3.63, 3.8) is 0 Å². The standard InChI is InChI=1S/C22H24Cl2N4O2/c1-14-20(22(30)26-27-11-3-2-4-12-27)25-28(19-10-7-16(23)13-18(19)24)21(14)15-5-8-17(29)9-6-15/h5-10,13-14,21,29H,2-4,11-12H2,1H3,(H,26,30)/t14-,21+/m0/s1. The van der Waals surface area contributed by atoms with Crippen LogP contribution in [0.2, 0.25) is 10.0 Å². The van der Waals surface area contributed by atoms with Crippen molar-refractivity contribution in [3.05, 3.63) is 58.1 Å². The van der Waals surface area contributed by atoms with Gasteiger partial charge in [0, 0.05) is 24.0 Å². The Balaban J connectivity index is 1.68. The van der Waals surface area contributed by atoms with Gasteiger partial charge in [-0.25, -0.2) is 5.01 Å². The lowest BCUT2D eigenvalue weighted by Crippen LogP contribution is -2.48. The molecule has 6 nitrogen and oxygen atoms in total. The Labute approximate surface area is 186 Å². The minimum absolute atomic E-state index is 0.185. The number of nitrogens with one attached hydrogen (secondary N) is 1. The Hall–Kier alpha value is -2.28. The summed E-state index contributed by atoms with van der Waals surface area (Å²) < 4.78 is 0. The fraction of sp³-hybridized carbons (Fsp3) is 0.364. The number of halogens is 2. The molecule has 2 aliphatic heterocycles. The Morgan fingerprint density at radius 2 is 1.80 bits per heavy atom. The molecule has 158 valence electrons. The molecule has 0 bridgehead atoms. The van der Waals surface area contributed by atoms with Crippen molar-refractivity contribution in [1.29, 1.82) is 0 Å². The van der Waals surface area contributed by atoms with Gasteiger partial charge >= 0.3 is 0 Å². The Morgan fingerprint density at radius 3 is 2.47 bits per heavy atom. The van der Waals surface area contributed by atoms with E-state index in [2.05, 4.69) is 5.43 Å². The molecule has 0 radical (unpaired) electrons. The van der Waals surface area contributed by atoms with Crippen molar-refractivity contribution in [3.8, 4) is 5.75 Å². The fourth-order valence-electron chi connectivity index (χ4n) is 4.06. The largest absolute Gasteiger partial charge is 0.508 e. The molecule has 2 aromatic rings. The van der Waals surface area contributed by atoms with Crippen molar-refractivity contribution >= 4 is 40.5 Å². The molecular formula is C22H24Cl2N4O2. The van der Waals surface area contributed by atoms with Crippen LogP contribution in [-0.4, -0.2) is 34.8 Å². The molecule has 1 fully saturated rings. The number of piperidine rings is 1. The maximum Gasteiger partial charge on any atom is 0.282 e. The highest BCUT2D eigenvalue weighted by Crippen LogP contribution is 2.42. The van der Waals surface area contributed by atoms with E-state index >= 15 is 0 Å². The smallest absolute Gasteiger partial charge is 0.282 e. The van der Waals surface area contributed by atoms with Gasteiger partial charge in [-0.2, -0.15) is 5.10 Å². The Kier molecular flexibility index (Phi) is 6.18. The first-order chi connectivity index (χ1) is 14.4. The molecule has 0 aromatic heterocycles. The van der Waals surface area contributed by atoms with Crippen LogP contribution in [0.25, 0.3) is 0 Å². The molecule has 0 unspecified atom stereocenters. The second-order valence-electron chi connectivity index (χ2n) is 7.74. The highest BCUT2D eigenvalue weighted by Gasteiger charge is 2.40. The van der Waals surface area contributed by atoms with Gasteiger partial charge in [-0.3, -0.25) is 15.2 Å². The number of nitrogens with zero attached hydrogens (tertiary/aromatic N) is 3. The SMILES string of the molecule is C[C@H]1C(C(=O)NN2CCCCC2)=NN(c2ccc(Cl)cc2Cl)[C@H]1c1ccc(O)cc1. The normalized spacial score (nSPS) is 22.1. The first kappa shape index (κ1) is 21.0. The highest BCUT2D eigenvalue weighted by molar-refractivity contribution is 6.41. The summed E-state index contributed by atoms with van der Waals surface area (Å²) in [5.74, 6) is -0.198. The van der Waals surface area contributed by atoms with Gasteiger partial charge in [0.1, 0.15) is 11.5 Å². The first-order valence-electron chi connectivity index (χ1n) is 10.1. The van der Waals surface area contributed by atoms with Crippen LogP contribution >= 0.6 is 23.2 Å². The zero-order chi connectivity index (χ0) is 21.3. The fourth-order valence-corrected chi connectivity index (χ4v) is 4.56. The van der Waals surface area contributed by atoms with Gasteiger partial charge in [0.15, 0.2) is 0 Å². The molecule has 0 aliphatic carbocycles. The predicted octanol–water partition coefficient (Wildman–Crippen LogP) is 4.77. The third kappa shape index (κ3) is 4.26. The number of benzene rings is 2. The number of rotatable bonds is 4. The summed E-state index contributed by atoms with van der Waals surface area (Å²) in [7, 11) is 0. The first-order valence-corrected chi connectivity index (χ1v) is 10.9. The Bertz CT molecular complexity index is 958. The van der Waals surface area contributed by atoms with Gasteiger partial charge in [-0.1, -0.05) is 48.7 Å². The minimum atomic E-state index is -0.244. The van der Waals surface area contributed by atoms with Crippen LogP contribution < -0.4 is 10.4 Å². The molecule has 30 heavy (non-hydrogen) atoms. The van der Waals surface area contributed by atoms with Crippen LogP contribution in [0.4, 0.5) is 5.69 Å². The molecule has 2 aliphatic rings. The van der Waals surface area contributed by atoms with Crippen LogP contribution in [0.1, 0.15) is 37.8 Å². The third-order valence-corrected chi connectivity index (χ3v) is 6.16. The van der Waals surface area contributed by atoms with Crippen molar-refractivity contribution < 1.29 is 9.90 Å². The van der Waals surface area contributed by atoms with Crippen LogP contribution in [-0.2, 0) is 4.79 Å². The van der Waals surface area contributed by atoms with Crippen molar-refractivity contribution in [2.24, 2.45) is 11.0 Å². The number of hydrazone groups is 1. The van der Waals surface area contributed by atoms with E-state index in [9.17, 15) is 9.90 Å². The van der Waals surface area contributed by atoms with Crippen molar-refractivity contribution in [2.75, 3.05) is 18.1 Å². The second-order valence-corrected chi connectivity index (χ2v) is 8.58. The van der Waals surface area contributed by atoms with Gasteiger partial charge in [0.2, 0.25) is 0 Å². The Morgan fingerprint density at radius 1 is 1.10 bits per heavy atom. The molecule has 2 heterocycles. The summed E-state index contributed by atoms with van der Waals surface area (Å²) in [5.41, 5.74) is 5.06. The maximum atomic E-state index is 13.1. The third-order valence-electron chi connectivity index (χ3n) is 5.62. The van der Waals surface area contributed by atoms with Gasteiger partial charge in [-0.15, -0.1) is 0 Å². The number of hydrazine groups is 1. The van der Waals surface area contributed by atoms with E-state index < -0.39 is 0 Å². The molecule has 8 heteroatoms. The summed E-state index contributed by atoms with van der Waals surface area (Å²) in [4.78, 5) is 13.1. The van der Waals surface area contributed by atoms with E-state index in [1.165, 1.54) is 6.42 Å². The van der Waals surface area contributed by atoms with Gasteiger partial charge in [0.05, 0.1) is 16.8 Å². The molecule has 2 N–H and O–H groups in total. The monoisotopic (exact) mass is 446 g/mol. The van der Waals surface area contributed by atoms with E-state index in [4.69, 9.17) is 28.3 Å². The summed E-state index contributed by atoms with van der Waals surface area (Å²) in [6, 6.07) is 11.9. The quantitative estimate of drug-likeness (QED) is 0.709. The lowest BCUT2D eigenvalue weighted by atomic mass is 9.91. The number of phenolic OH excluding ortho intramolecular Hbond substituents is 1. The molecule has 0 spiro atoms. The molecule has 4 rings (SSSR count). The highest BCUT2D eigenvalue weighted by atomic mass is 35.5. The van der Waals surface area contributed by atoms with Crippen molar-refractivity contribution in [2.45, 2.75) is 32.2 Å². The van der Waals surface area contributed by atoms with E-state index in [1.807, 2.05) is 24.1 Å². The number of amides is 1. The topological polar surface area (TPSA) is 68.2 Å². The van der Waals surface area contributed by atoms with Gasteiger partial charge in [-0.05, 0) is 48.7 Å². The average molecular weight is 447 g/mol. The van der Waals surface area contributed by atoms with Crippen LogP contribution in [0.5, 0.6) is 5.75 Å². The number of anilines is 1. The van der Waals surface area contributed by atoms with Crippen LogP contribution in [0.15, 0.2) is 47.6 Å². The minimum Gasteiger partial charge on any atom is -0.508 e. The van der Waals surface area contributed by atoms with E-state index in [1.54, 1.807) is 35.3 Å².